The Kier molecular flexibility index (Phi) is 12.1. The molecule has 0 fully saturated rings. The maximum absolute atomic E-state index is 13.5. The van der Waals surface area contributed by atoms with Crippen molar-refractivity contribution in [1.82, 2.24) is 0 Å². The van der Waals surface area contributed by atoms with Crippen molar-refractivity contribution in [3.63, 3.8) is 0 Å². The smallest absolute Gasteiger partial charge is 0.311 e. The van der Waals surface area contributed by atoms with E-state index in [9.17, 15) is 14.0 Å². The van der Waals surface area contributed by atoms with Crippen LogP contribution in [0.4, 0.5) is 4.39 Å². The molecule has 0 saturated carbocycles. The number of hydrogen-bond acceptors (Lipinski definition) is 4. The quantitative estimate of drug-likeness (QED) is 0.183. The first-order valence-corrected chi connectivity index (χ1v) is 9.82. The van der Waals surface area contributed by atoms with Crippen molar-refractivity contribution < 1.29 is 23.5 Å². The SMILES string of the molecule is O=C(CCCC(=O)Oc1c(F)cccc1Cl)OCCCCCCCCCl. The lowest BCUT2D eigenvalue weighted by molar-refractivity contribution is -0.144. The topological polar surface area (TPSA) is 52.6 Å². The molecule has 0 aliphatic heterocycles. The molecule has 0 aliphatic rings. The summed E-state index contributed by atoms with van der Waals surface area (Å²) in [5.74, 6) is -1.26. The first kappa shape index (κ1) is 22.7. The summed E-state index contributed by atoms with van der Waals surface area (Å²) in [6, 6.07) is 4.01. The zero-order valence-electron chi connectivity index (χ0n) is 14.8. The first-order chi connectivity index (χ1) is 12.5. The van der Waals surface area contributed by atoms with Crippen molar-refractivity contribution in [2.75, 3.05) is 12.5 Å². The van der Waals surface area contributed by atoms with Crippen molar-refractivity contribution in [3.8, 4) is 5.75 Å². The molecular formula is C19H25Cl2FO4. The minimum absolute atomic E-state index is 0.0136. The van der Waals surface area contributed by atoms with E-state index in [1.165, 1.54) is 12.1 Å². The molecule has 0 aromatic heterocycles. The maximum atomic E-state index is 13.5. The third-order valence-corrected chi connectivity index (χ3v) is 4.25. The Balaban J connectivity index is 2.08. The molecule has 0 bridgehead atoms. The Morgan fingerprint density at radius 3 is 2.27 bits per heavy atom. The van der Waals surface area contributed by atoms with E-state index in [0.717, 1.165) is 44.6 Å². The second kappa shape index (κ2) is 13.8. The molecule has 0 spiro atoms. The van der Waals surface area contributed by atoms with Gasteiger partial charge in [-0.1, -0.05) is 43.4 Å². The van der Waals surface area contributed by atoms with Gasteiger partial charge < -0.3 is 9.47 Å². The predicted molar refractivity (Wildman–Crippen MR) is 100 cm³/mol. The standard InChI is InChI=1S/C19H25Cl2FO4/c20-13-5-3-1-2-4-6-14-25-17(23)11-8-12-18(24)26-19-15(21)9-7-10-16(19)22/h7,9-10H,1-6,8,11-14H2. The number of esters is 2. The van der Waals surface area contributed by atoms with Crippen LogP contribution >= 0.6 is 23.2 Å². The molecule has 4 nitrogen and oxygen atoms in total. The molecule has 0 aliphatic carbocycles. The van der Waals surface area contributed by atoms with Crippen molar-refractivity contribution in [2.45, 2.75) is 57.8 Å². The van der Waals surface area contributed by atoms with Crippen molar-refractivity contribution >= 4 is 35.1 Å². The number of halogens is 3. The van der Waals surface area contributed by atoms with Crippen LogP contribution in [0.2, 0.25) is 5.02 Å². The van der Waals surface area contributed by atoms with Crippen molar-refractivity contribution in [2.24, 2.45) is 0 Å². The van der Waals surface area contributed by atoms with Crippen molar-refractivity contribution in [1.29, 1.82) is 0 Å². The Morgan fingerprint density at radius 2 is 1.58 bits per heavy atom. The van der Waals surface area contributed by atoms with Gasteiger partial charge in [0.25, 0.3) is 0 Å². The molecule has 0 heterocycles. The van der Waals surface area contributed by atoms with Crippen LogP contribution < -0.4 is 4.74 Å². The number of alkyl halides is 1. The Morgan fingerprint density at radius 1 is 0.923 bits per heavy atom. The van der Waals surface area contributed by atoms with Crippen LogP contribution in [0.1, 0.15) is 57.8 Å². The highest BCUT2D eigenvalue weighted by atomic mass is 35.5. The van der Waals surface area contributed by atoms with Gasteiger partial charge in [-0.15, -0.1) is 11.6 Å². The molecule has 0 N–H and O–H groups in total. The van der Waals surface area contributed by atoms with Crippen LogP contribution in [0, 0.1) is 5.82 Å². The zero-order valence-corrected chi connectivity index (χ0v) is 16.3. The summed E-state index contributed by atoms with van der Waals surface area (Å²) in [4.78, 5) is 23.3. The molecule has 0 amide bonds. The highest BCUT2D eigenvalue weighted by molar-refractivity contribution is 6.32. The predicted octanol–water partition coefficient (Wildman–Crippen LogP) is 5.68. The summed E-state index contributed by atoms with van der Waals surface area (Å²) in [5.41, 5.74) is 0. The number of hydrogen-bond donors (Lipinski definition) is 0. The van der Waals surface area contributed by atoms with Gasteiger partial charge in [0.05, 0.1) is 11.6 Å². The fourth-order valence-corrected chi connectivity index (χ4v) is 2.67. The van der Waals surface area contributed by atoms with Crippen LogP contribution in [-0.2, 0) is 14.3 Å². The molecule has 1 aromatic carbocycles. The summed E-state index contributed by atoms with van der Waals surface area (Å²) in [5, 5.41) is 0.0282. The van der Waals surface area contributed by atoms with Gasteiger partial charge in [-0.2, -0.15) is 0 Å². The van der Waals surface area contributed by atoms with Gasteiger partial charge in [0, 0.05) is 18.7 Å². The van der Waals surface area contributed by atoms with E-state index in [0.29, 0.717) is 12.5 Å². The first-order valence-electron chi connectivity index (χ1n) is 8.91. The van der Waals surface area contributed by atoms with E-state index in [2.05, 4.69) is 0 Å². The number of rotatable bonds is 13. The Bertz CT molecular complexity index is 546. The van der Waals surface area contributed by atoms with Crippen molar-refractivity contribution in [3.05, 3.63) is 29.0 Å². The highest BCUT2D eigenvalue weighted by Crippen LogP contribution is 2.27. The van der Waals surface area contributed by atoms with Gasteiger partial charge >= 0.3 is 11.9 Å². The van der Waals surface area contributed by atoms with Gasteiger partial charge in [-0.05, 0) is 31.4 Å². The highest BCUT2D eigenvalue weighted by Gasteiger charge is 2.14. The molecule has 0 unspecified atom stereocenters. The number of carbonyl (C=O) groups is 2. The number of para-hydroxylation sites is 1. The average Bonchev–Trinajstić information content (AvgIpc) is 2.60. The van der Waals surface area contributed by atoms with E-state index < -0.39 is 11.8 Å². The number of carbonyl (C=O) groups excluding carboxylic acids is 2. The summed E-state index contributed by atoms with van der Waals surface area (Å²) in [7, 11) is 0. The molecule has 0 saturated heterocycles. The fourth-order valence-electron chi connectivity index (χ4n) is 2.28. The lowest BCUT2D eigenvalue weighted by Gasteiger charge is -2.07. The number of unbranched alkanes of at least 4 members (excludes halogenated alkanes) is 5. The summed E-state index contributed by atoms with van der Waals surface area (Å²) < 4.78 is 23.5. The third-order valence-electron chi connectivity index (χ3n) is 3.69. The van der Waals surface area contributed by atoms with Crippen LogP contribution in [0.15, 0.2) is 18.2 Å². The van der Waals surface area contributed by atoms with E-state index in [-0.39, 0.29) is 36.0 Å². The fraction of sp³-hybridized carbons (Fsp3) is 0.579. The lowest BCUT2D eigenvalue weighted by atomic mass is 10.1. The number of ether oxygens (including phenoxy) is 2. The molecule has 0 radical (unpaired) electrons. The molecule has 1 rings (SSSR count). The second-order valence-corrected chi connectivity index (χ2v) is 6.69. The van der Waals surface area contributed by atoms with Gasteiger partial charge in [0.1, 0.15) is 0 Å². The maximum Gasteiger partial charge on any atom is 0.311 e. The lowest BCUT2D eigenvalue weighted by Crippen LogP contribution is -2.11. The van der Waals surface area contributed by atoms with Gasteiger partial charge in [-0.3, -0.25) is 9.59 Å². The molecular weight excluding hydrogens is 382 g/mol. The minimum atomic E-state index is -0.701. The van der Waals surface area contributed by atoms with E-state index in [1.54, 1.807) is 0 Å². The van der Waals surface area contributed by atoms with E-state index >= 15 is 0 Å². The van der Waals surface area contributed by atoms with Crippen LogP contribution in [-0.4, -0.2) is 24.4 Å². The molecule has 0 atom stereocenters. The monoisotopic (exact) mass is 406 g/mol. The molecule has 1 aromatic rings. The Hall–Kier alpha value is -1.33. The average molecular weight is 407 g/mol. The zero-order chi connectivity index (χ0) is 19.2. The van der Waals surface area contributed by atoms with Crippen LogP contribution in [0.3, 0.4) is 0 Å². The van der Waals surface area contributed by atoms with Gasteiger partial charge in [0.15, 0.2) is 11.6 Å². The third kappa shape index (κ3) is 9.97. The Labute approximate surface area is 163 Å². The van der Waals surface area contributed by atoms with Crippen LogP contribution in [0.25, 0.3) is 0 Å². The molecule has 146 valence electrons. The summed E-state index contributed by atoms with van der Waals surface area (Å²) in [6.45, 7) is 0.392. The summed E-state index contributed by atoms with van der Waals surface area (Å²) >= 11 is 11.4. The largest absolute Gasteiger partial charge is 0.466 e. The normalized spacial score (nSPS) is 10.6. The van der Waals surface area contributed by atoms with Gasteiger partial charge in [-0.25, -0.2) is 4.39 Å². The number of benzene rings is 1. The molecule has 7 heteroatoms. The van der Waals surface area contributed by atoms with E-state index in [4.69, 9.17) is 32.7 Å². The summed E-state index contributed by atoms with van der Waals surface area (Å²) in [6.07, 6.45) is 6.68. The van der Waals surface area contributed by atoms with Crippen LogP contribution in [0.5, 0.6) is 5.75 Å². The second-order valence-electron chi connectivity index (χ2n) is 5.91. The van der Waals surface area contributed by atoms with Gasteiger partial charge in [0.2, 0.25) is 0 Å². The van der Waals surface area contributed by atoms with E-state index in [1.807, 2.05) is 0 Å². The minimum Gasteiger partial charge on any atom is -0.466 e. The molecule has 26 heavy (non-hydrogen) atoms.